The standard InChI is InChI=1S/C31H24Cl2N2O5/c32-23-5-2-6-24(33)26(23)27-21(28(40-34-27)18-7-8-18)16-39-20-9-10-25-22(14-20)31(11-12-31)30(38)35(25)15-17-3-1-4-19(13-17)29(36)37/h1-6,9-10,13-14,18H,7-8,11-12,15-16H2,(H,36,37). The number of nitrogens with zero attached hydrogens (tertiary/aromatic N) is 2. The lowest BCUT2D eigenvalue weighted by Crippen LogP contribution is -2.31. The van der Waals surface area contributed by atoms with Crippen molar-refractivity contribution in [1.29, 1.82) is 0 Å². The number of carbonyl (C=O) groups excluding carboxylic acids is 1. The van der Waals surface area contributed by atoms with Crippen LogP contribution in [-0.2, 0) is 23.4 Å². The Labute approximate surface area is 240 Å². The zero-order valence-corrected chi connectivity index (χ0v) is 22.8. The van der Waals surface area contributed by atoms with E-state index in [-0.39, 0.29) is 18.1 Å². The first kappa shape index (κ1) is 25.2. The van der Waals surface area contributed by atoms with E-state index in [9.17, 15) is 14.7 Å². The number of fused-ring (bicyclic) bond motifs is 2. The van der Waals surface area contributed by atoms with Gasteiger partial charge in [-0.1, -0.05) is 46.6 Å². The maximum atomic E-state index is 13.5. The van der Waals surface area contributed by atoms with E-state index in [4.69, 9.17) is 32.5 Å². The molecule has 0 saturated heterocycles. The lowest BCUT2D eigenvalue weighted by atomic mass is 9.98. The topological polar surface area (TPSA) is 92.9 Å². The number of aromatic nitrogens is 1. The summed E-state index contributed by atoms with van der Waals surface area (Å²) in [6.07, 6.45) is 3.63. The van der Waals surface area contributed by atoms with E-state index in [1.54, 1.807) is 41.3 Å². The summed E-state index contributed by atoms with van der Waals surface area (Å²) in [6.45, 7) is 0.528. The van der Waals surface area contributed by atoms with Crippen LogP contribution in [0.4, 0.5) is 5.69 Å². The van der Waals surface area contributed by atoms with E-state index < -0.39 is 11.4 Å². The van der Waals surface area contributed by atoms with E-state index in [1.165, 1.54) is 0 Å². The molecular formula is C31H24Cl2N2O5. The highest BCUT2D eigenvalue weighted by molar-refractivity contribution is 6.39. The first-order valence-electron chi connectivity index (χ1n) is 13.2. The van der Waals surface area contributed by atoms with Crippen molar-refractivity contribution in [3.63, 3.8) is 0 Å². The molecule has 1 spiro atoms. The highest BCUT2D eigenvalue weighted by Crippen LogP contribution is 2.58. The maximum Gasteiger partial charge on any atom is 0.335 e. The Bertz CT molecular complexity index is 1670. The second-order valence-corrected chi connectivity index (χ2v) is 11.5. The van der Waals surface area contributed by atoms with Gasteiger partial charge in [-0.05, 0) is 79.3 Å². The molecule has 9 heteroatoms. The number of carbonyl (C=O) groups is 2. The predicted molar refractivity (Wildman–Crippen MR) is 150 cm³/mol. The molecule has 7 rings (SSSR count). The Morgan fingerprint density at radius 1 is 1.07 bits per heavy atom. The molecule has 4 aromatic rings. The number of carboxylic acids is 1. The second-order valence-electron chi connectivity index (χ2n) is 10.7. The summed E-state index contributed by atoms with van der Waals surface area (Å²) >= 11 is 13.0. The monoisotopic (exact) mass is 574 g/mol. The van der Waals surface area contributed by atoms with Gasteiger partial charge in [0.25, 0.3) is 0 Å². The summed E-state index contributed by atoms with van der Waals surface area (Å²) in [4.78, 5) is 26.7. The number of benzene rings is 3. The summed E-state index contributed by atoms with van der Waals surface area (Å²) in [5.74, 6) is 0.809. The molecule has 0 atom stereocenters. The molecule has 3 aromatic carbocycles. The van der Waals surface area contributed by atoms with Crippen LogP contribution in [0.1, 0.15) is 64.4 Å². The molecule has 0 radical (unpaired) electrons. The maximum absolute atomic E-state index is 13.5. The summed E-state index contributed by atoms with van der Waals surface area (Å²) in [7, 11) is 0. The third-order valence-corrected chi connectivity index (χ3v) is 8.67. The van der Waals surface area contributed by atoms with Crippen molar-refractivity contribution in [3.8, 4) is 17.0 Å². The Morgan fingerprint density at radius 3 is 2.52 bits per heavy atom. The third-order valence-electron chi connectivity index (χ3n) is 8.04. The minimum Gasteiger partial charge on any atom is -0.489 e. The fourth-order valence-corrected chi connectivity index (χ4v) is 6.24. The quantitative estimate of drug-likeness (QED) is 0.236. The molecule has 2 heterocycles. The third kappa shape index (κ3) is 4.16. The average molecular weight is 575 g/mol. The minimum absolute atomic E-state index is 0.0473. The zero-order valence-electron chi connectivity index (χ0n) is 21.3. The molecule has 7 nitrogen and oxygen atoms in total. The highest BCUT2D eigenvalue weighted by Gasteiger charge is 2.59. The summed E-state index contributed by atoms with van der Waals surface area (Å²) in [5, 5.41) is 14.7. The van der Waals surface area contributed by atoms with E-state index in [0.29, 0.717) is 39.5 Å². The van der Waals surface area contributed by atoms with Gasteiger partial charge in [0.2, 0.25) is 5.91 Å². The number of aromatic carboxylic acids is 1. The zero-order chi connectivity index (χ0) is 27.6. The summed E-state index contributed by atoms with van der Waals surface area (Å²) in [6, 6.07) is 17.8. The van der Waals surface area contributed by atoms with Crippen LogP contribution in [0.2, 0.25) is 10.0 Å². The van der Waals surface area contributed by atoms with Gasteiger partial charge in [-0.15, -0.1) is 0 Å². The van der Waals surface area contributed by atoms with Crippen LogP contribution in [0.15, 0.2) is 65.2 Å². The van der Waals surface area contributed by atoms with Crippen LogP contribution in [0.25, 0.3) is 11.3 Å². The summed E-state index contributed by atoms with van der Waals surface area (Å²) in [5.41, 5.74) is 4.26. The van der Waals surface area contributed by atoms with Gasteiger partial charge in [0.05, 0.1) is 33.1 Å². The minimum atomic E-state index is -0.993. The van der Waals surface area contributed by atoms with Gasteiger partial charge in [0, 0.05) is 17.2 Å². The van der Waals surface area contributed by atoms with Crippen LogP contribution in [0.5, 0.6) is 5.75 Å². The molecule has 2 fully saturated rings. The Morgan fingerprint density at radius 2 is 1.82 bits per heavy atom. The number of halogens is 2. The predicted octanol–water partition coefficient (Wildman–Crippen LogP) is 7.38. The smallest absolute Gasteiger partial charge is 0.335 e. The van der Waals surface area contributed by atoms with Crippen molar-refractivity contribution in [3.05, 3.63) is 98.7 Å². The molecule has 1 N–H and O–H groups in total. The summed E-state index contributed by atoms with van der Waals surface area (Å²) < 4.78 is 12.1. The SMILES string of the molecule is O=C(O)c1cccc(CN2C(=O)C3(CC3)c3cc(OCc4c(-c5c(Cl)cccc5Cl)noc4C4CC4)ccc32)c1. The van der Waals surface area contributed by atoms with E-state index in [2.05, 4.69) is 5.16 Å². The molecule has 0 unspecified atom stereocenters. The lowest BCUT2D eigenvalue weighted by Gasteiger charge is -2.18. The van der Waals surface area contributed by atoms with E-state index in [0.717, 1.165) is 53.8 Å². The van der Waals surface area contributed by atoms with Gasteiger partial charge in [0.15, 0.2) is 0 Å². The van der Waals surface area contributed by atoms with Crippen molar-refractivity contribution in [2.24, 2.45) is 0 Å². The number of rotatable bonds is 8. The first-order chi connectivity index (χ1) is 19.4. The molecule has 1 amide bonds. The van der Waals surface area contributed by atoms with Crippen molar-refractivity contribution in [2.45, 2.75) is 50.2 Å². The molecule has 1 aliphatic heterocycles. The van der Waals surface area contributed by atoms with Crippen LogP contribution in [0, 0.1) is 0 Å². The number of hydrogen-bond donors (Lipinski definition) is 1. The van der Waals surface area contributed by atoms with Crippen LogP contribution >= 0.6 is 23.2 Å². The molecule has 2 aliphatic carbocycles. The number of amides is 1. The molecule has 40 heavy (non-hydrogen) atoms. The fraction of sp³-hybridized carbons (Fsp3) is 0.258. The molecule has 3 aliphatic rings. The van der Waals surface area contributed by atoms with E-state index >= 15 is 0 Å². The van der Waals surface area contributed by atoms with Gasteiger partial charge in [-0.2, -0.15) is 0 Å². The average Bonchev–Trinajstić information content (AvgIpc) is 3.88. The van der Waals surface area contributed by atoms with Crippen LogP contribution in [0.3, 0.4) is 0 Å². The molecule has 0 bridgehead atoms. The van der Waals surface area contributed by atoms with Crippen LogP contribution < -0.4 is 9.64 Å². The number of carboxylic acid groups (broad SMARTS) is 1. The molecular weight excluding hydrogens is 551 g/mol. The van der Waals surface area contributed by atoms with Gasteiger partial charge in [-0.25, -0.2) is 4.79 Å². The van der Waals surface area contributed by atoms with Crippen molar-refractivity contribution in [1.82, 2.24) is 5.16 Å². The van der Waals surface area contributed by atoms with Crippen molar-refractivity contribution < 1.29 is 24.0 Å². The van der Waals surface area contributed by atoms with Gasteiger partial charge >= 0.3 is 5.97 Å². The number of hydrogen-bond acceptors (Lipinski definition) is 5. The van der Waals surface area contributed by atoms with Crippen LogP contribution in [-0.4, -0.2) is 22.1 Å². The lowest BCUT2D eigenvalue weighted by molar-refractivity contribution is -0.120. The molecule has 202 valence electrons. The van der Waals surface area contributed by atoms with Crippen molar-refractivity contribution >= 4 is 40.8 Å². The fourth-order valence-electron chi connectivity index (χ4n) is 5.66. The Kier molecular flexibility index (Phi) is 5.91. The molecule has 2 saturated carbocycles. The van der Waals surface area contributed by atoms with Gasteiger partial charge in [0.1, 0.15) is 23.8 Å². The van der Waals surface area contributed by atoms with Crippen molar-refractivity contribution in [2.75, 3.05) is 4.90 Å². The Hall–Kier alpha value is -3.81. The normalized spacial score (nSPS) is 16.9. The second kappa shape index (κ2) is 9.39. The number of anilines is 1. The molecule has 1 aromatic heterocycles. The van der Waals surface area contributed by atoms with E-state index in [1.807, 2.05) is 24.3 Å². The van der Waals surface area contributed by atoms with Gasteiger partial charge in [-0.3, -0.25) is 4.79 Å². The Balaban J connectivity index is 1.18. The first-order valence-corrected chi connectivity index (χ1v) is 14.0. The number of ether oxygens (including phenoxy) is 1. The highest BCUT2D eigenvalue weighted by atomic mass is 35.5. The van der Waals surface area contributed by atoms with Gasteiger partial charge < -0.3 is 19.3 Å². The largest absolute Gasteiger partial charge is 0.489 e.